The second kappa shape index (κ2) is 10.0. The molecule has 0 amide bonds. The van der Waals surface area contributed by atoms with Gasteiger partial charge >= 0.3 is 23.9 Å². The smallest absolute Gasteiger partial charge is 0.352 e. The Bertz CT molecular complexity index is 469. The SMILES string of the molecule is CC(=O)OC(CC(=O)OC(C)C)(CC(=O)OC(C)C)C(=O)OC(C)C. The molecule has 0 aromatic heterocycles. The van der Waals surface area contributed by atoms with Crippen LogP contribution in [0.1, 0.15) is 61.3 Å². The molecule has 0 saturated carbocycles. The number of hydrogen-bond acceptors (Lipinski definition) is 8. The summed E-state index contributed by atoms with van der Waals surface area (Å²) in [5.74, 6) is -3.43. The van der Waals surface area contributed by atoms with E-state index < -0.39 is 60.6 Å². The van der Waals surface area contributed by atoms with E-state index >= 15 is 0 Å². The summed E-state index contributed by atoms with van der Waals surface area (Å²) in [5, 5.41) is 0. The van der Waals surface area contributed by atoms with Crippen molar-refractivity contribution in [3.8, 4) is 0 Å². The molecule has 0 saturated heterocycles. The first kappa shape index (κ1) is 22.9. The van der Waals surface area contributed by atoms with Crippen molar-refractivity contribution < 1.29 is 38.1 Å². The molecule has 144 valence electrons. The van der Waals surface area contributed by atoms with E-state index in [2.05, 4.69) is 0 Å². The van der Waals surface area contributed by atoms with Gasteiger partial charge in [-0.3, -0.25) is 14.4 Å². The first-order valence-electron chi connectivity index (χ1n) is 8.17. The molecule has 0 aromatic rings. The number of carbonyl (C=O) groups is 4. The third kappa shape index (κ3) is 9.07. The van der Waals surface area contributed by atoms with E-state index in [9.17, 15) is 19.2 Å². The Morgan fingerprint density at radius 2 is 1.08 bits per heavy atom. The van der Waals surface area contributed by atoms with E-state index in [1.54, 1.807) is 41.5 Å². The minimum absolute atomic E-state index is 0.439. The van der Waals surface area contributed by atoms with Gasteiger partial charge in [-0.15, -0.1) is 0 Å². The molecule has 0 N–H and O–H groups in total. The standard InChI is InChI=1S/C17H28O8/c1-10(2)22-14(19)8-17(25-13(7)18,16(21)24-12(5)6)9-15(20)23-11(3)4/h10-12H,8-9H2,1-7H3. The first-order chi connectivity index (χ1) is 11.4. The lowest BCUT2D eigenvalue weighted by Gasteiger charge is -2.30. The number of ether oxygens (including phenoxy) is 4. The van der Waals surface area contributed by atoms with Crippen LogP contribution in [0, 0.1) is 0 Å². The van der Waals surface area contributed by atoms with E-state index in [0.29, 0.717) is 0 Å². The van der Waals surface area contributed by atoms with Crippen LogP contribution in [0.15, 0.2) is 0 Å². The van der Waals surface area contributed by atoms with E-state index in [4.69, 9.17) is 18.9 Å². The molecule has 0 aliphatic rings. The Labute approximate surface area is 148 Å². The minimum Gasteiger partial charge on any atom is -0.463 e. The third-order valence-electron chi connectivity index (χ3n) is 2.65. The van der Waals surface area contributed by atoms with Crippen molar-refractivity contribution in [2.45, 2.75) is 85.2 Å². The zero-order valence-electron chi connectivity index (χ0n) is 15.9. The van der Waals surface area contributed by atoms with Gasteiger partial charge in [-0.2, -0.15) is 0 Å². The van der Waals surface area contributed by atoms with Crippen molar-refractivity contribution in [2.75, 3.05) is 0 Å². The largest absolute Gasteiger partial charge is 0.463 e. The zero-order chi connectivity index (χ0) is 19.8. The number of hydrogen-bond donors (Lipinski definition) is 0. The summed E-state index contributed by atoms with van der Waals surface area (Å²) in [7, 11) is 0. The maximum absolute atomic E-state index is 12.5. The zero-order valence-corrected chi connectivity index (χ0v) is 15.9. The summed E-state index contributed by atoms with van der Waals surface area (Å²) in [4.78, 5) is 48.2. The Morgan fingerprint density at radius 3 is 1.36 bits per heavy atom. The van der Waals surface area contributed by atoms with Crippen molar-refractivity contribution in [3.05, 3.63) is 0 Å². The Morgan fingerprint density at radius 1 is 0.720 bits per heavy atom. The molecule has 0 atom stereocenters. The highest BCUT2D eigenvalue weighted by Crippen LogP contribution is 2.26. The summed E-state index contributed by atoms with van der Waals surface area (Å²) >= 11 is 0. The maximum atomic E-state index is 12.5. The number of carbonyl (C=O) groups excluding carboxylic acids is 4. The molecule has 0 heterocycles. The van der Waals surface area contributed by atoms with Crippen molar-refractivity contribution in [1.29, 1.82) is 0 Å². The van der Waals surface area contributed by atoms with E-state index in [1.165, 1.54) is 0 Å². The fraction of sp³-hybridized carbons (Fsp3) is 0.765. The van der Waals surface area contributed by atoms with Crippen molar-refractivity contribution in [3.63, 3.8) is 0 Å². The highest BCUT2D eigenvalue weighted by atomic mass is 16.6. The van der Waals surface area contributed by atoms with Crippen LogP contribution < -0.4 is 0 Å². The van der Waals surface area contributed by atoms with Crippen LogP contribution in [0.2, 0.25) is 0 Å². The molecule has 0 spiro atoms. The lowest BCUT2D eigenvalue weighted by molar-refractivity contribution is -0.193. The van der Waals surface area contributed by atoms with Crippen molar-refractivity contribution >= 4 is 23.9 Å². The summed E-state index contributed by atoms with van der Waals surface area (Å²) < 4.78 is 20.2. The van der Waals surface area contributed by atoms with Gasteiger partial charge in [0, 0.05) is 6.92 Å². The van der Waals surface area contributed by atoms with E-state index in [-0.39, 0.29) is 0 Å². The van der Waals surface area contributed by atoms with Gasteiger partial charge in [0.1, 0.15) is 0 Å². The van der Waals surface area contributed by atoms with Gasteiger partial charge in [-0.25, -0.2) is 4.79 Å². The fourth-order valence-corrected chi connectivity index (χ4v) is 1.99. The summed E-state index contributed by atoms with van der Waals surface area (Å²) in [5.41, 5.74) is -2.13. The molecule has 0 bridgehead atoms. The molecule has 0 fully saturated rings. The van der Waals surface area contributed by atoms with Gasteiger partial charge < -0.3 is 18.9 Å². The third-order valence-corrected chi connectivity index (χ3v) is 2.65. The minimum atomic E-state index is -2.13. The van der Waals surface area contributed by atoms with Gasteiger partial charge in [-0.05, 0) is 41.5 Å². The van der Waals surface area contributed by atoms with Gasteiger partial charge in [0.05, 0.1) is 31.2 Å². The second-order valence-corrected chi connectivity index (χ2v) is 6.47. The van der Waals surface area contributed by atoms with Crippen LogP contribution in [-0.2, 0) is 38.1 Å². The molecule has 0 unspecified atom stereocenters. The fourth-order valence-electron chi connectivity index (χ4n) is 1.99. The monoisotopic (exact) mass is 360 g/mol. The predicted molar refractivity (Wildman–Crippen MR) is 87.4 cm³/mol. The van der Waals surface area contributed by atoms with Gasteiger partial charge in [0.15, 0.2) is 0 Å². The number of rotatable bonds is 9. The predicted octanol–water partition coefficient (Wildman–Crippen LogP) is 1.92. The topological polar surface area (TPSA) is 105 Å². The van der Waals surface area contributed by atoms with Crippen LogP contribution in [0.4, 0.5) is 0 Å². The van der Waals surface area contributed by atoms with Crippen molar-refractivity contribution in [2.24, 2.45) is 0 Å². The second-order valence-electron chi connectivity index (χ2n) is 6.47. The summed E-state index contributed by atoms with van der Waals surface area (Å²) in [6.07, 6.45) is -2.71. The van der Waals surface area contributed by atoms with Gasteiger partial charge in [-0.1, -0.05) is 0 Å². The average molecular weight is 360 g/mol. The maximum Gasteiger partial charge on any atom is 0.352 e. The molecule has 0 aromatic carbocycles. The molecular weight excluding hydrogens is 332 g/mol. The normalized spacial score (nSPS) is 11.4. The van der Waals surface area contributed by atoms with Crippen LogP contribution >= 0.6 is 0 Å². The Kier molecular flexibility index (Phi) is 9.16. The first-order valence-corrected chi connectivity index (χ1v) is 8.17. The lowest BCUT2D eigenvalue weighted by Crippen LogP contribution is -2.49. The highest BCUT2D eigenvalue weighted by Gasteiger charge is 2.49. The van der Waals surface area contributed by atoms with Crippen molar-refractivity contribution in [1.82, 2.24) is 0 Å². The van der Waals surface area contributed by atoms with Crippen LogP contribution in [0.5, 0.6) is 0 Å². The molecule has 25 heavy (non-hydrogen) atoms. The summed E-state index contributed by atoms with van der Waals surface area (Å²) in [6.45, 7) is 10.8. The summed E-state index contributed by atoms with van der Waals surface area (Å²) in [6, 6.07) is 0. The lowest BCUT2D eigenvalue weighted by atomic mass is 9.94. The van der Waals surface area contributed by atoms with Crippen LogP contribution in [0.25, 0.3) is 0 Å². The molecule has 0 aliphatic heterocycles. The highest BCUT2D eigenvalue weighted by molar-refractivity contribution is 5.92. The molecule has 0 radical (unpaired) electrons. The Hall–Kier alpha value is -2.12. The van der Waals surface area contributed by atoms with Gasteiger partial charge in [0.2, 0.25) is 5.60 Å². The number of esters is 4. The van der Waals surface area contributed by atoms with Gasteiger partial charge in [0.25, 0.3) is 0 Å². The average Bonchev–Trinajstić information content (AvgIpc) is 2.33. The van der Waals surface area contributed by atoms with E-state index in [1.807, 2.05) is 0 Å². The molecule has 8 nitrogen and oxygen atoms in total. The van der Waals surface area contributed by atoms with Crippen LogP contribution in [0.3, 0.4) is 0 Å². The molecule has 0 rings (SSSR count). The molecule has 8 heteroatoms. The molecular formula is C17H28O8. The quantitative estimate of drug-likeness (QED) is 0.454. The van der Waals surface area contributed by atoms with E-state index in [0.717, 1.165) is 6.92 Å². The Balaban J connectivity index is 5.69. The molecule has 0 aliphatic carbocycles. The van der Waals surface area contributed by atoms with Crippen LogP contribution in [-0.4, -0.2) is 47.8 Å².